The van der Waals surface area contributed by atoms with E-state index in [4.69, 9.17) is 0 Å². The highest BCUT2D eigenvalue weighted by atomic mass is 16.3. The van der Waals surface area contributed by atoms with E-state index in [1.807, 2.05) is 24.3 Å². The van der Waals surface area contributed by atoms with Crippen LogP contribution in [0.3, 0.4) is 0 Å². The van der Waals surface area contributed by atoms with Crippen molar-refractivity contribution < 1.29 is 5.11 Å². The van der Waals surface area contributed by atoms with Gasteiger partial charge in [-0.25, -0.2) is 0 Å². The summed E-state index contributed by atoms with van der Waals surface area (Å²) in [5, 5.41) is 13.2. The van der Waals surface area contributed by atoms with Gasteiger partial charge in [0.2, 0.25) is 0 Å². The maximum atomic E-state index is 10.8. The lowest BCUT2D eigenvalue weighted by atomic mass is 9.95. The molecule has 0 unspecified atom stereocenters. The van der Waals surface area contributed by atoms with Crippen LogP contribution in [0.15, 0.2) is 55.1 Å². The molecule has 20 heavy (non-hydrogen) atoms. The Kier molecular flexibility index (Phi) is 3.86. The van der Waals surface area contributed by atoms with Crippen LogP contribution < -0.4 is 0 Å². The summed E-state index contributed by atoms with van der Waals surface area (Å²) in [6, 6.07) is 14.7. The van der Waals surface area contributed by atoms with Crippen molar-refractivity contribution in [3.8, 4) is 0 Å². The fourth-order valence-electron chi connectivity index (χ4n) is 3.32. The Balaban J connectivity index is 1.96. The molecule has 3 rings (SSSR count). The van der Waals surface area contributed by atoms with Gasteiger partial charge in [0.15, 0.2) is 0 Å². The van der Waals surface area contributed by atoms with Crippen molar-refractivity contribution in [1.29, 1.82) is 0 Å². The molecule has 0 radical (unpaired) electrons. The lowest BCUT2D eigenvalue weighted by Gasteiger charge is -2.28. The molecule has 1 heterocycles. The summed E-state index contributed by atoms with van der Waals surface area (Å²) in [7, 11) is 0. The van der Waals surface area contributed by atoms with Crippen molar-refractivity contribution in [2.45, 2.75) is 25.0 Å². The predicted molar refractivity (Wildman–Crippen MR) is 83.7 cm³/mol. The van der Waals surface area contributed by atoms with E-state index in [0.717, 1.165) is 36.9 Å². The molecule has 0 saturated carbocycles. The molecule has 2 aromatic carbocycles. The second-order valence-corrected chi connectivity index (χ2v) is 5.51. The van der Waals surface area contributed by atoms with E-state index in [2.05, 4.69) is 35.7 Å². The van der Waals surface area contributed by atoms with Crippen molar-refractivity contribution in [2.75, 3.05) is 13.1 Å². The van der Waals surface area contributed by atoms with Crippen LogP contribution in [0.1, 0.15) is 24.5 Å². The van der Waals surface area contributed by atoms with Crippen LogP contribution >= 0.6 is 0 Å². The normalized spacial score (nSPS) is 21.1. The third-order valence-corrected chi connectivity index (χ3v) is 4.28. The van der Waals surface area contributed by atoms with E-state index < -0.39 is 6.10 Å². The van der Waals surface area contributed by atoms with Crippen LogP contribution in [0.5, 0.6) is 0 Å². The largest absolute Gasteiger partial charge is 0.387 e. The van der Waals surface area contributed by atoms with Gasteiger partial charge in [-0.2, -0.15) is 0 Å². The van der Waals surface area contributed by atoms with Gasteiger partial charge >= 0.3 is 0 Å². The molecular formula is C18H21NO. The molecule has 104 valence electrons. The molecule has 2 heteroatoms. The van der Waals surface area contributed by atoms with E-state index in [0.29, 0.717) is 0 Å². The van der Waals surface area contributed by atoms with Crippen molar-refractivity contribution >= 4 is 10.8 Å². The molecule has 2 atom stereocenters. The minimum atomic E-state index is -0.427. The molecule has 1 fully saturated rings. The standard InChI is InChI=1S/C18H21NO/c1-2-12-19-13-6-11-17(19)18(20)16-10-5-8-14-7-3-4-9-15(14)16/h2-5,7-10,17-18,20H,1,6,11-13H2/t17-,18+/m0/s1. The zero-order valence-electron chi connectivity index (χ0n) is 11.7. The third-order valence-electron chi connectivity index (χ3n) is 4.28. The minimum Gasteiger partial charge on any atom is -0.387 e. The second-order valence-electron chi connectivity index (χ2n) is 5.51. The number of benzene rings is 2. The number of aliphatic hydroxyl groups is 1. The Labute approximate surface area is 120 Å². The van der Waals surface area contributed by atoms with Gasteiger partial charge in [-0.3, -0.25) is 4.90 Å². The summed E-state index contributed by atoms with van der Waals surface area (Å²) < 4.78 is 0. The fraction of sp³-hybridized carbons (Fsp3) is 0.333. The van der Waals surface area contributed by atoms with Crippen LogP contribution in [0.2, 0.25) is 0 Å². The quantitative estimate of drug-likeness (QED) is 0.857. The molecule has 1 saturated heterocycles. The first kappa shape index (κ1) is 13.3. The van der Waals surface area contributed by atoms with Gasteiger partial charge in [-0.1, -0.05) is 48.5 Å². The summed E-state index contributed by atoms with van der Waals surface area (Å²) in [6.45, 7) is 5.73. The lowest BCUT2D eigenvalue weighted by molar-refractivity contribution is 0.0797. The monoisotopic (exact) mass is 267 g/mol. The number of rotatable bonds is 4. The number of hydrogen-bond acceptors (Lipinski definition) is 2. The molecule has 2 nitrogen and oxygen atoms in total. The van der Waals surface area contributed by atoms with Crippen LogP contribution in [0.25, 0.3) is 10.8 Å². The number of hydrogen-bond donors (Lipinski definition) is 1. The number of nitrogens with zero attached hydrogens (tertiary/aromatic N) is 1. The van der Waals surface area contributed by atoms with Gasteiger partial charge in [-0.05, 0) is 35.7 Å². The second kappa shape index (κ2) is 5.78. The highest BCUT2D eigenvalue weighted by Crippen LogP contribution is 2.32. The molecule has 0 aromatic heterocycles. The highest BCUT2D eigenvalue weighted by Gasteiger charge is 2.31. The first-order chi connectivity index (χ1) is 9.81. The maximum Gasteiger partial charge on any atom is 0.0951 e. The Morgan fingerprint density at radius 1 is 1.25 bits per heavy atom. The highest BCUT2D eigenvalue weighted by molar-refractivity contribution is 5.86. The van der Waals surface area contributed by atoms with Gasteiger partial charge in [0.05, 0.1) is 6.10 Å². The average Bonchev–Trinajstić information content (AvgIpc) is 2.94. The van der Waals surface area contributed by atoms with Crippen LogP contribution in [0.4, 0.5) is 0 Å². The summed E-state index contributed by atoms with van der Waals surface area (Å²) in [6.07, 6.45) is 3.70. The van der Waals surface area contributed by atoms with Crippen LogP contribution in [-0.2, 0) is 0 Å². The molecule has 0 spiro atoms. The van der Waals surface area contributed by atoms with Gasteiger partial charge in [0.1, 0.15) is 0 Å². The average molecular weight is 267 g/mol. The zero-order chi connectivity index (χ0) is 13.9. The maximum absolute atomic E-state index is 10.8. The molecule has 0 bridgehead atoms. The van der Waals surface area contributed by atoms with Crippen molar-refractivity contribution in [3.05, 3.63) is 60.7 Å². The molecule has 1 aliphatic heterocycles. The molecular weight excluding hydrogens is 246 g/mol. The Hall–Kier alpha value is -1.64. The van der Waals surface area contributed by atoms with E-state index in [-0.39, 0.29) is 6.04 Å². The Bertz CT molecular complexity index is 602. The fourth-order valence-corrected chi connectivity index (χ4v) is 3.32. The molecule has 0 aliphatic carbocycles. The summed E-state index contributed by atoms with van der Waals surface area (Å²) >= 11 is 0. The molecule has 0 amide bonds. The molecule has 1 aliphatic rings. The molecule has 1 N–H and O–H groups in total. The summed E-state index contributed by atoms with van der Waals surface area (Å²) in [5.41, 5.74) is 1.05. The Morgan fingerprint density at radius 3 is 2.90 bits per heavy atom. The third kappa shape index (κ3) is 2.37. The van der Waals surface area contributed by atoms with Gasteiger partial charge < -0.3 is 5.11 Å². The minimum absolute atomic E-state index is 0.207. The van der Waals surface area contributed by atoms with Gasteiger partial charge in [0, 0.05) is 12.6 Å². The first-order valence-corrected chi connectivity index (χ1v) is 7.32. The Morgan fingerprint density at radius 2 is 2.05 bits per heavy atom. The molecule has 2 aromatic rings. The van der Waals surface area contributed by atoms with E-state index in [1.165, 1.54) is 5.39 Å². The zero-order valence-corrected chi connectivity index (χ0v) is 11.7. The van der Waals surface area contributed by atoms with E-state index >= 15 is 0 Å². The van der Waals surface area contributed by atoms with Gasteiger partial charge in [0.25, 0.3) is 0 Å². The SMILES string of the molecule is C=CCN1CCC[C@H]1[C@H](O)c1cccc2ccccc12. The van der Waals surface area contributed by atoms with Crippen LogP contribution in [0, 0.1) is 0 Å². The van der Waals surface area contributed by atoms with Crippen molar-refractivity contribution in [2.24, 2.45) is 0 Å². The number of aliphatic hydroxyl groups excluding tert-OH is 1. The van der Waals surface area contributed by atoms with Crippen LogP contribution in [-0.4, -0.2) is 29.1 Å². The van der Waals surface area contributed by atoms with Gasteiger partial charge in [-0.15, -0.1) is 6.58 Å². The van der Waals surface area contributed by atoms with Crippen molar-refractivity contribution in [1.82, 2.24) is 4.90 Å². The van der Waals surface area contributed by atoms with E-state index in [9.17, 15) is 5.11 Å². The predicted octanol–water partition coefficient (Wildman–Crippen LogP) is 3.52. The summed E-state index contributed by atoms with van der Waals surface area (Å²) in [5.74, 6) is 0. The van der Waals surface area contributed by atoms with Crippen molar-refractivity contribution in [3.63, 3.8) is 0 Å². The smallest absolute Gasteiger partial charge is 0.0951 e. The number of likely N-dealkylation sites (tertiary alicyclic amines) is 1. The van der Waals surface area contributed by atoms with E-state index in [1.54, 1.807) is 0 Å². The summed E-state index contributed by atoms with van der Waals surface area (Å²) in [4.78, 5) is 2.33. The number of fused-ring (bicyclic) bond motifs is 1. The topological polar surface area (TPSA) is 23.5 Å². The first-order valence-electron chi connectivity index (χ1n) is 7.32. The lowest BCUT2D eigenvalue weighted by Crippen LogP contribution is -2.34.